The average Bonchev–Trinajstić information content (AvgIpc) is 3.32. The highest BCUT2D eigenvalue weighted by atomic mass is 35.5. The Morgan fingerprint density at radius 1 is 0.947 bits per heavy atom. The molecule has 0 fully saturated rings. The maximum Gasteiger partial charge on any atom is 0.322 e. The molecule has 14 heteroatoms. The number of carbonyl (C=O) groups is 4. The number of fused-ring (bicyclic) bond motifs is 1. The molecule has 0 saturated carbocycles. The molecule has 194 valence electrons. The van der Waals surface area contributed by atoms with Crippen LogP contribution in [0, 0.1) is 11.6 Å². The van der Waals surface area contributed by atoms with E-state index >= 15 is 0 Å². The number of nitrogens with one attached hydrogen (secondary N) is 3. The third-order valence-corrected chi connectivity index (χ3v) is 5.47. The molecule has 11 nitrogen and oxygen atoms in total. The summed E-state index contributed by atoms with van der Waals surface area (Å²) in [6.45, 7) is -0.927. The van der Waals surface area contributed by atoms with E-state index in [9.17, 15) is 28.0 Å². The van der Waals surface area contributed by atoms with E-state index in [1.807, 2.05) is 0 Å². The summed E-state index contributed by atoms with van der Waals surface area (Å²) < 4.78 is 27.7. The van der Waals surface area contributed by atoms with Crippen molar-refractivity contribution in [3.63, 3.8) is 0 Å². The molecule has 4 rings (SSSR count). The molecule has 0 radical (unpaired) electrons. The van der Waals surface area contributed by atoms with Gasteiger partial charge in [0.05, 0.1) is 16.9 Å². The van der Waals surface area contributed by atoms with E-state index in [1.165, 1.54) is 6.07 Å². The number of halogens is 3. The van der Waals surface area contributed by atoms with Gasteiger partial charge in [0, 0.05) is 12.6 Å². The Morgan fingerprint density at radius 3 is 2.42 bits per heavy atom. The van der Waals surface area contributed by atoms with Gasteiger partial charge in [-0.15, -0.1) is 0 Å². The zero-order chi connectivity index (χ0) is 27.4. The monoisotopic (exact) mass is 542 g/mol. The molecule has 0 bridgehead atoms. The van der Waals surface area contributed by atoms with Gasteiger partial charge in [0.1, 0.15) is 23.5 Å². The Kier molecular flexibility index (Phi) is 7.58. The molecule has 4 N–H and O–H groups in total. The van der Waals surface area contributed by atoms with E-state index in [-0.39, 0.29) is 39.7 Å². The number of hydrogen-bond donors (Lipinski definition) is 4. The van der Waals surface area contributed by atoms with Crippen molar-refractivity contribution < 1.29 is 33.1 Å². The smallest absolute Gasteiger partial charge is 0.322 e. The third kappa shape index (κ3) is 5.73. The first-order chi connectivity index (χ1) is 18.1. The molecule has 0 saturated heterocycles. The van der Waals surface area contributed by atoms with Crippen molar-refractivity contribution in [3.8, 4) is 0 Å². The standard InChI is InChI=1S/C24H17ClF2N6O5/c25-14-3-1-2-4-17(14)32-22(36)13-10-30-33-19(24(38)29-11-20(34)35)8-18(31-21(13)33)23(37)28-9-12-5-6-15(26)16(27)7-12/h1-8,10H,9,11H2,(H,28,37)(H,29,38)(H,32,36)(H,34,35). The lowest BCUT2D eigenvalue weighted by molar-refractivity contribution is -0.135. The van der Waals surface area contributed by atoms with E-state index in [0.717, 1.165) is 28.9 Å². The summed E-state index contributed by atoms with van der Waals surface area (Å²) in [5.41, 5.74) is -0.373. The highest BCUT2D eigenvalue weighted by molar-refractivity contribution is 6.34. The lowest BCUT2D eigenvalue weighted by Crippen LogP contribution is -2.32. The van der Waals surface area contributed by atoms with E-state index in [2.05, 4.69) is 26.0 Å². The number of carboxylic acid groups (broad SMARTS) is 1. The number of amides is 3. The number of nitrogens with zero attached hydrogens (tertiary/aromatic N) is 3. The molecule has 0 aliphatic carbocycles. The minimum absolute atomic E-state index is 0.118. The van der Waals surface area contributed by atoms with Gasteiger partial charge in [-0.05, 0) is 29.8 Å². The van der Waals surface area contributed by atoms with Crippen LogP contribution in [0.25, 0.3) is 5.65 Å². The molecular weight excluding hydrogens is 526 g/mol. The maximum absolute atomic E-state index is 13.5. The molecule has 3 amide bonds. The van der Waals surface area contributed by atoms with Crippen LogP contribution in [0.5, 0.6) is 0 Å². The molecule has 0 aliphatic rings. The quantitative estimate of drug-likeness (QED) is 0.267. The summed E-state index contributed by atoms with van der Waals surface area (Å²) in [6, 6.07) is 10.6. The first kappa shape index (κ1) is 26.2. The molecule has 2 heterocycles. The second kappa shape index (κ2) is 11.0. The summed E-state index contributed by atoms with van der Waals surface area (Å²) in [5, 5.41) is 20.4. The zero-order valence-corrected chi connectivity index (χ0v) is 19.9. The Morgan fingerprint density at radius 2 is 1.71 bits per heavy atom. The van der Waals surface area contributed by atoms with E-state index in [1.54, 1.807) is 24.3 Å². The number of hydrogen-bond acceptors (Lipinski definition) is 6. The van der Waals surface area contributed by atoms with Crippen LogP contribution in [0.3, 0.4) is 0 Å². The van der Waals surface area contributed by atoms with Crippen molar-refractivity contribution >= 4 is 46.6 Å². The van der Waals surface area contributed by atoms with Crippen LogP contribution < -0.4 is 16.0 Å². The molecule has 0 aliphatic heterocycles. The van der Waals surface area contributed by atoms with Crippen molar-refractivity contribution in [1.82, 2.24) is 25.2 Å². The fourth-order valence-electron chi connectivity index (χ4n) is 3.32. The first-order valence-corrected chi connectivity index (χ1v) is 11.2. The Labute approximate surface area is 217 Å². The van der Waals surface area contributed by atoms with Crippen molar-refractivity contribution in [1.29, 1.82) is 0 Å². The predicted octanol–water partition coefficient (Wildman–Crippen LogP) is 2.66. The van der Waals surface area contributed by atoms with Crippen LogP contribution in [0.15, 0.2) is 54.7 Å². The second-order valence-corrected chi connectivity index (χ2v) is 8.17. The van der Waals surface area contributed by atoms with Crippen LogP contribution in [0.2, 0.25) is 5.02 Å². The van der Waals surface area contributed by atoms with E-state index < -0.39 is 41.9 Å². The number of carbonyl (C=O) groups excluding carboxylic acids is 3. The lowest BCUT2D eigenvalue weighted by atomic mass is 10.2. The van der Waals surface area contributed by atoms with Crippen molar-refractivity contribution in [3.05, 3.63) is 93.9 Å². The van der Waals surface area contributed by atoms with Gasteiger partial charge in [0.15, 0.2) is 17.3 Å². The average molecular weight is 543 g/mol. The first-order valence-electron chi connectivity index (χ1n) is 10.8. The summed E-state index contributed by atoms with van der Waals surface area (Å²) in [6.07, 6.45) is 1.12. The topological polar surface area (TPSA) is 155 Å². The SMILES string of the molecule is O=C(O)CNC(=O)c1cc(C(=O)NCc2ccc(F)c(F)c2)nc2c(C(=O)Nc3ccccc3Cl)cnn12. The van der Waals surface area contributed by atoms with Gasteiger partial charge in [-0.3, -0.25) is 19.2 Å². The van der Waals surface area contributed by atoms with Gasteiger partial charge >= 0.3 is 5.97 Å². The Balaban J connectivity index is 1.69. The summed E-state index contributed by atoms with van der Waals surface area (Å²) in [7, 11) is 0. The van der Waals surface area contributed by atoms with Crippen LogP contribution >= 0.6 is 11.6 Å². The van der Waals surface area contributed by atoms with Gasteiger partial charge in [0.25, 0.3) is 17.7 Å². The van der Waals surface area contributed by atoms with Crippen molar-refractivity contribution in [2.45, 2.75) is 6.54 Å². The van der Waals surface area contributed by atoms with Crippen LogP contribution in [-0.4, -0.2) is 49.9 Å². The maximum atomic E-state index is 13.5. The number of anilines is 1. The molecule has 2 aromatic carbocycles. The normalized spacial score (nSPS) is 10.7. The molecule has 4 aromatic rings. The largest absolute Gasteiger partial charge is 0.480 e. The van der Waals surface area contributed by atoms with Gasteiger partial charge in [-0.25, -0.2) is 18.3 Å². The Bertz CT molecular complexity index is 1590. The molecular formula is C24H17ClF2N6O5. The highest BCUT2D eigenvalue weighted by Crippen LogP contribution is 2.22. The number of carboxylic acids is 1. The third-order valence-electron chi connectivity index (χ3n) is 5.14. The van der Waals surface area contributed by atoms with Crippen LogP contribution in [-0.2, 0) is 11.3 Å². The molecule has 0 spiro atoms. The van der Waals surface area contributed by atoms with Crippen molar-refractivity contribution in [2.75, 3.05) is 11.9 Å². The summed E-state index contributed by atoms with van der Waals surface area (Å²) in [5.74, 6) is -5.88. The number of aromatic nitrogens is 3. The fraction of sp³-hybridized carbons (Fsp3) is 0.0833. The zero-order valence-electron chi connectivity index (χ0n) is 19.2. The van der Waals surface area contributed by atoms with Gasteiger partial charge in [-0.1, -0.05) is 29.8 Å². The van der Waals surface area contributed by atoms with Crippen LogP contribution in [0.1, 0.15) is 36.9 Å². The summed E-state index contributed by atoms with van der Waals surface area (Å²) in [4.78, 5) is 53.6. The number of rotatable bonds is 8. The lowest BCUT2D eigenvalue weighted by Gasteiger charge is -2.10. The molecule has 2 aromatic heterocycles. The van der Waals surface area contributed by atoms with E-state index in [4.69, 9.17) is 16.7 Å². The minimum atomic E-state index is -1.31. The predicted molar refractivity (Wildman–Crippen MR) is 130 cm³/mol. The number of aliphatic carboxylic acids is 1. The van der Waals surface area contributed by atoms with Gasteiger partial charge in [0.2, 0.25) is 0 Å². The fourth-order valence-corrected chi connectivity index (χ4v) is 3.51. The van der Waals surface area contributed by atoms with Gasteiger partial charge < -0.3 is 21.1 Å². The minimum Gasteiger partial charge on any atom is -0.480 e. The number of benzene rings is 2. The highest BCUT2D eigenvalue weighted by Gasteiger charge is 2.23. The summed E-state index contributed by atoms with van der Waals surface area (Å²) >= 11 is 6.10. The Hall–Kier alpha value is -4.91. The molecule has 38 heavy (non-hydrogen) atoms. The van der Waals surface area contributed by atoms with Crippen molar-refractivity contribution in [2.24, 2.45) is 0 Å². The molecule has 0 unspecified atom stereocenters. The van der Waals surface area contributed by atoms with E-state index in [0.29, 0.717) is 5.69 Å². The molecule has 0 atom stereocenters. The van der Waals surface area contributed by atoms with Crippen LogP contribution in [0.4, 0.5) is 14.5 Å². The van der Waals surface area contributed by atoms with Gasteiger partial charge in [-0.2, -0.15) is 5.10 Å². The number of para-hydroxylation sites is 1. The second-order valence-electron chi connectivity index (χ2n) is 7.76.